The van der Waals surface area contributed by atoms with Gasteiger partial charge in [0.1, 0.15) is 0 Å². The molecule has 116 valence electrons. The lowest BCUT2D eigenvalue weighted by Gasteiger charge is -2.17. The number of benzene rings is 2. The monoisotopic (exact) mass is 316 g/mol. The topological polar surface area (TPSA) is 32.3 Å². The van der Waals surface area contributed by atoms with E-state index in [0.717, 1.165) is 23.6 Å². The summed E-state index contributed by atoms with van der Waals surface area (Å²) in [6.45, 7) is 1.77. The summed E-state index contributed by atoms with van der Waals surface area (Å²) in [5.41, 5.74) is 2.35. The largest absolute Gasteiger partial charge is 0.340 e. The molecule has 0 bridgehead atoms. The Morgan fingerprint density at radius 2 is 1.73 bits per heavy atom. The Balaban J connectivity index is 1.67. The summed E-state index contributed by atoms with van der Waals surface area (Å²) in [5, 5.41) is 3.94. The Kier molecular flexibility index (Phi) is 6.44. The average Bonchev–Trinajstić information content (AvgIpc) is 2.54. The Labute approximate surface area is 136 Å². The van der Waals surface area contributed by atoms with Crippen LogP contribution in [-0.2, 0) is 17.8 Å². The zero-order valence-electron chi connectivity index (χ0n) is 12.8. The van der Waals surface area contributed by atoms with E-state index in [1.165, 1.54) is 5.56 Å². The van der Waals surface area contributed by atoms with Crippen molar-refractivity contribution in [1.82, 2.24) is 10.2 Å². The van der Waals surface area contributed by atoms with Crippen LogP contribution in [-0.4, -0.2) is 30.9 Å². The molecule has 2 aromatic rings. The highest BCUT2D eigenvalue weighted by Crippen LogP contribution is 2.09. The van der Waals surface area contributed by atoms with E-state index in [4.69, 9.17) is 11.6 Å². The van der Waals surface area contributed by atoms with Crippen molar-refractivity contribution in [2.75, 3.05) is 20.1 Å². The Bertz CT molecular complexity index is 584. The molecule has 0 fully saturated rings. The van der Waals surface area contributed by atoms with Gasteiger partial charge < -0.3 is 10.2 Å². The van der Waals surface area contributed by atoms with Gasteiger partial charge in [0, 0.05) is 18.6 Å². The number of halogens is 1. The maximum Gasteiger partial charge on any atom is 0.236 e. The maximum atomic E-state index is 12.0. The molecule has 0 aliphatic rings. The van der Waals surface area contributed by atoms with Crippen molar-refractivity contribution in [3.63, 3.8) is 0 Å². The van der Waals surface area contributed by atoms with Gasteiger partial charge in [0.2, 0.25) is 5.91 Å². The summed E-state index contributed by atoms with van der Waals surface area (Å²) < 4.78 is 0. The van der Waals surface area contributed by atoms with Gasteiger partial charge in [0.05, 0.1) is 6.54 Å². The second-order valence-corrected chi connectivity index (χ2v) is 5.73. The molecule has 0 heterocycles. The first-order chi connectivity index (χ1) is 10.6. The number of nitrogens with zero attached hydrogens (tertiary/aromatic N) is 1. The van der Waals surface area contributed by atoms with Gasteiger partial charge in [-0.05, 0) is 36.2 Å². The lowest BCUT2D eigenvalue weighted by Crippen LogP contribution is -2.35. The van der Waals surface area contributed by atoms with Gasteiger partial charge in [-0.3, -0.25) is 4.79 Å². The molecular weight excluding hydrogens is 296 g/mol. The summed E-state index contributed by atoms with van der Waals surface area (Å²) >= 11 is 5.85. The molecule has 0 aliphatic heterocycles. The SMILES string of the molecule is CN(Cc1ccccc1)C(=O)CNCCc1ccc(Cl)cc1. The van der Waals surface area contributed by atoms with Crippen LogP contribution in [0, 0.1) is 0 Å². The van der Waals surface area contributed by atoms with Gasteiger partial charge in [-0.25, -0.2) is 0 Å². The van der Waals surface area contributed by atoms with Gasteiger partial charge in [-0.1, -0.05) is 54.1 Å². The number of hydrogen-bond acceptors (Lipinski definition) is 2. The minimum Gasteiger partial charge on any atom is -0.340 e. The number of nitrogens with one attached hydrogen (secondary N) is 1. The third-order valence-corrected chi connectivity index (χ3v) is 3.72. The second-order valence-electron chi connectivity index (χ2n) is 5.29. The molecule has 0 radical (unpaired) electrons. The quantitative estimate of drug-likeness (QED) is 0.796. The first-order valence-electron chi connectivity index (χ1n) is 7.38. The predicted molar refractivity (Wildman–Crippen MR) is 90.9 cm³/mol. The van der Waals surface area contributed by atoms with Gasteiger partial charge >= 0.3 is 0 Å². The molecule has 4 heteroatoms. The van der Waals surface area contributed by atoms with E-state index in [1.807, 2.05) is 61.6 Å². The fraction of sp³-hybridized carbons (Fsp3) is 0.278. The highest BCUT2D eigenvalue weighted by molar-refractivity contribution is 6.30. The standard InChI is InChI=1S/C18H21ClN2O/c1-21(14-16-5-3-2-4-6-16)18(22)13-20-12-11-15-7-9-17(19)10-8-15/h2-10,20H,11-14H2,1H3. The molecule has 2 aromatic carbocycles. The lowest BCUT2D eigenvalue weighted by molar-refractivity contribution is -0.129. The van der Waals surface area contributed by atoms with Gasteiger partial charge in [-0.2, -0.15) is 0 Å². The number of amides is 1. The zero-order chi connectivity index (χ0) is 15.8. The van der Waals surface area contributed by atoms with Gasteiger partial charge in [0.25, 0.3) is 0 Å². The number of carbonyl (C=O) groups excluding carboxylic acids is 1. The fourth-order valence-corrected chi connectivity index (χ4v) is 2.29. The van der Waals surface area contributed by atoms with Gasteiger partial charge in [0.15, 0.2) is 0 Å². The van der Waals surface area contributed by atoms with Crippen molar-refractivity contribution in [2.24, 2.45) is 0 Å². The number of hydrogen-bond donors (Lipinski definition) is 1. The predicted octanol–water partition coefficient (Wildman–Crippen LogP) is 3.13. The van der Waals surface area contributed by atoms with Crippen LogP contribution in [0.5, 0.6) is 0 Å². The van der Waals surface area contributed by atoms with Crippen molar-refractivity contribution in [3.8, 4) is 0 Å². The molecule has 2 rings (SSSR count). The molecule has 0 saturated carbocycles. The average molecular weight is 317 g/mol. The summed E-state index contributed by atoms with van der Waals surface area (Å²) in [7, 11) is 1.83. The van der Waals surface area contributed by atoms with Crippen LogP contribution < -0.4 is 5.32 Å². The van der Waals surface area contributed by atoms with Gasteiger partial charge in [-0.15, -0.1) is 0 Å². The molecule has 3 nitrogen and oxygen atoms in total. The normalized spacial score (nSPS) is 10.5. The number of likely N-dealkylation sites (N-methyl/N-ethyl adjacent to an activating group) is 1. The van der Waals surface area contributed by atoms with E-state index in [2.05, 4.69) is 5.32 Å². The lowest BCUT2D eigenvalue weighted by atomic mass is 10.1. The number of carbonyl (C=O) groups is 1. The van der Waals surface area contributed by atoms with Crippen molar-refractivity contribution in [1.29, 1.82) is 0 Å². The first-order valence-corrected chi connectivity index (χ1v) is 7.76. The van der Waals surface area contributed by atoms with E-state index in [-0.39, 0.29) is 5.91 Å². The summed E-state index contributed by atoms with van der Waals surface area (Å²) in [6, 6.07) is 17.8. The van der Waals surface area contributed by atoms with E-state index < -0.39 is 0 Å². The molecule has 0 spiro atoms. The molecular formula is C18H21ClN2O. The summed E-state index contributed by atoms with van der Waals surface area (Å²) in [5.74, 6) is 0.0972. The van der Waals surface area contributed by atoms with Crippen molar-refractivity contribution in [3.05, 3.63) is 70.7 Å². The molecule has 0 unspecified atom stereocenters. The van der Waals surface area contributed by atoms with E-state index >= 15 is 0 Å². The molecule has 1 N–H and O–H groups in total. The molecule has 0 atom stereocenters. The van der Waals surface area contributed by atoms with Crippen LogP contribution in [0.3, 0.4) is 0 Å². The van der Waals surface area contributed by atoms with Crippen LogP contribution in [0.2, 0.25) is 5.02 Å². The van der Waals surface area contributed by atoms with Crippen molar-refractivity contribution < 1.29 is 4.79 Å². The summed E-state index contributed by atoms with van der Waals surface area (Å²) in [4.78, 5) is 13.8. The smallest absolute Gasteiger partial charge is 0.236 e. The second kappa shape index (κ2) is 8.57. The van der Waals surface area contributed by atoms with Crippen molar-refractivity contribution >= 4 is 17.5 Å². The molecule has 1 amide bonds. The molecule has 0 aromatic heterocycles. The van der Waals surface area contributed by atoms with Crippen LogP contribution in [0.15, 0.2) is 54.6 Å². The maximum absolute atomic E-state index is 12.0. The van der Waals surface area contributed by atoms with E-state index in [0.29, 0.717) is 13.1 Å². The highest BCUT2D eigenvalue weighted by Gasteiger charge is 2.08. The fourth-order valence-electron chi connectivity index (χ4n) is 2.16. The third-order valence-electron chi connectivity index (χ3n) is 3.47. The Morgan fingerprint density at radius 3 is 2.41 bits per heavy atom. The zero-order valence-corrected chi connectivity index (χ0v) is 13.5. The van der Waals surface area contributed by atoms with Crippen LogP contribution in [0.25, 0.3) is 0 Å². The first kappa shape index (κ1) is 16.5. The van der Waals surface area contributed by atoms with E-state index in [9.17, 15) is 4.79 Å². The Morgan fingerprint density at radius 1 is 1.05 bits per heavy atom. The number of rotatable bonds is 7. The summed E-state index contributed by atoms with van der Waals surface area (Å²) in [6.07, 6.45) is 0.882. The Hall–Kier alpha value is -1.84. The minimum atomic E-state index is 0.0972. The van der Waals surface area contributed by atoms with E-state index in [1.54, 1.807) is 4.90 Å². The van der Waals surface area contributed by atoms with Crippen LogP contribution >= 0.6 is 11.6 Å². The molecule has 0 aliphatic carbocycles. The minimum absolute atomic E-state index is 0.0972. The third kappa shape index (κ3) is 5.51. The molecule has 22 heavy (non-hydrogen) atoms. The molecule has 0 saturated heterocycles. The van der Waals surface area contributed by atoms with Crippen molar-refractivity contribution in [2.45, 2.75) is 13.0 Å². The highest BCUT2D eigenvalue weighted by atomic mass is 35.5. The van der Waals surface area contributed by atoms with Crippen LogP contribution in [0.1, 0.15) is 11.1 Å². The van der Waals surface area contributed by atoms with Crippen LogP contribution in [0.4, 0.5) is 0 Å².